The summed E-state index contributed by atoms with van der Waals surface area (Å²) in [6.07, 6.45) is 1.16. The molecule has 3 N–H and O–H groups in total. The van der Waals surface area contributed by atoms with E-state index in [4.69, 9.17) is 10.6 Å². The van der Waals surface area contributed by atoms with E-state index in [1.54, 1.807) is 4.90 Å². The maximum absolute atomic E-state index is 12.1. The molecule has 1 unspecified atom stereocenters. The first-order valence-corrected chi connectivity index (χ1v) is 7.55. The van der Waals surface area contributed by atoms with Gasteiger partial charge in [-0.25, -0.2) is 5.84 Å². The molecule has 1 aliphatic heterocycles. The molecule has 1 aliphatic rings. The molecule has 0 aromatic heterocycles. The third kappa shape index (κ3) is 3.98. The Hall–Kier alpha value is -2.08. The van der Waals surface area contributed by atoms with Crippen molar-refractivity contribution in [3.63, 3.8) is 0 Å². The van der Waals surface area contributed by atoms with Crippen molar-refractivity contribution in [3.05, 3.63) is 24.3 Å². The summed E-state index contributed by atoms with van der Waals surface area (Å²) < 4.78 is 5.71. The molecule has 1 aromatic carbocycles. The van der Waals surface area contributed by atoms with E-state index in [9.17, 15) is 9.59 Å². The highest BCUT2D eigenvalue weighted by Gasteiger charge is 2.34. The average Bonchev–Trinajstić information content (AvgIpc) is 2.88. The fourth-order valence-electron chi connectivity index (χ4n) is 2.40. The van der Waals surface area contributed by atoms with Crippen molar-refractivity contribution in [1.29, 1.82) is 0 Å². The number of anilines is 1. The van der Waals surface area contributed by atoms with E-state index in [0.717, 1.165) is 17.9 Å². The molecule has 120 valence electrons. The van der Waals surface area contributed by atoms with Gasteiger partial charge in [-0.1, -0.05) is 19.9 Å². The molecular formula is C16H23N3O3. The molecule has 2 amide bonds. The molecule has 0 radical (unpaired) electrons. The van der Waals surface area contributed by atoms with Gasteiger partial charge >= 0.3 is 0 Å². The molecule has 22 heavy (non-hydrogen) atoms. The van der Waals surface area contributed by atoms with Crippen molar-refractivity contribution in [2.24, 2.45) is 17.7 Å². The molecule has 1 atom stereocenters. The largest absolute Gasteiger partial charge is 0.494 e. The maximum Gasteiger partial charge on any atom is 0.239 e. The highest BCUT2D eigenvalue weighted by molar-refractivity contribution is 6.00. The van der Waals surface area contributed by atoms with Crippen molar-refractivity contribution in [2.75, 3.05) is 18.1 Å². The molecule has 1 fully saturated rings. The van der Waals surface area contributed by atoms with Gasteiger partial charge in [-0.3, -0.25) is 15.0 Å². The van der Waals surface area contributed by atoms with Crippen LogP contribution >= 0.6 is 0 Å². The van der Waals surface area contributed by atoms with Crippen LogP contribution in [0.3, 0.4) is 0 Å². The minimum absolute atomic E-state index is 0.0760. The summed E-state index contributed by atoms with van der Waals surface area (Å²) in [6.45, 7) is 5.28. The molecule has 0 aliphatic carbocycles. The van der Waals surface area contributed by atoms with Crippen LogP contribution in [0.5, 0.6) is 5.75 Å². The Morgan fingerprint density at radius 3 is 2.95 bits per heavy atom. The molecule has 0 saturated carbocycles. The van der Waals surface area contributed by atoms with Crippen LogP contribution in [0.25, 0.3) is 0 Å². The third-order valence-corrected chi connectivity index (χ3v) is 3.73. The maximum atomic E-state index is 12.1. The quantitative estimate of drug-likeness (QED) is 0.473. The normalized spacial score (nSPS) is 17.9. The number of hydrogen-bond acceptors (Lipinski definition) is 4. The number of nitrogens with one attached hydrogen (secondary N) is 1. The zero-order valence-corrected chi connectivity index (χ0v) is 13.0. The lowest BCUT2D eigenvalue weighted by atomic mass is 10.1. The van der Waals surface area contributed by atoms with E-state index in [0.29, 0.717) is 19.1 Å². The monoisotopic (exact) mass is 305 g/mol. The van der Waals surface area contributed by atoms with Crippen LogP contribution < -0.4 is 20.9 Å². The van der Waals surface area contributed by atoms with Crippen molar-refractivity contribution in [2.45, 2.75) is 26.7 Å². The first-order valence-electron chi connectivity index (χ1n) is 7.55. The standard InChI is InChI=1S/C16H23N3O3/c1-11(2)6-7-22-14-5-3-4-13(9-14)19-10-12(8-15(19)20)16(21)18-17/h3-5,9,11-12H,6-8,10,17H2,1-2H3,(H,18,21). The number of amides is 2. The molecule has 0 bridgehead atoms. The molecular weight excluding hydrogens is 282 g/mol. The second-order valence-electron chi connectivity index (χ2n) is 5.94. The zero-order chi connectivity index (χ0) is 16.1. The summed E-state index contributed by atoms with van der Waals surface area (Å²) in [5.74, 6) is 5.67. The van der Waals surface area contributed by atoms with Gasteiger partial charge in [0.25, 0.3) is 0 Å². The SMILES string of the molecule is CC(C)CCOc1cccc(N2CC(C(=O)NN)CC2=O)c1. The Bertz CT molecular complexity index is 545. The van der Waals surface area contributed by atoms with Crippen molar-refractivity contribution < 1.29 is 14.3 Å². The number of carbonyl (C=O) groups excluding carboxylic acids is 2. The summed E-state index contributed by atoms with van der Waals surface area (Å²) in [4.78, 5) is 25.3. The molecule has 6 heteroatoms. The molecule has 6 nitrogen and oxygen atoms in total. The number of benzene rings is 1. The van der Waals surface area contributed by atoms with Gasteiger partial charge < -0.3 is 9.64 Å². The fourth-order valence-corrected chi connectivity index (χ4v) is 2.40. The van der Waals surface area contributed by atoms with E-state index in [1.807, 2.05) is 24.3 Å². The highest BCUT2D eigenvalue weighted by Crippen LogP contribution is 2.28. The molecule has 2 rings (SSSR count). The Morgan fingerprint density at radius 1 is 1.50 bits per heavy atom. The summed E-state index contributed by atoms with van der Waals surface area (Å²) in [7, 11) is 0. The van der Waals surface area contributed by atoms with Crippen LogP contribution in [0, 0.1) is 11.8 Å². The van der Waals surface area contributed by atoms with E-state index in [2.05, 4.69) is 19.3 Å². The van der Waals surface area contributed by atoms with E-state index in [-0.39, 0.29) is 18.2 Å². The Labute approximate surface area is 130 Å². The van der Waals surface area contributed by atoms with Gasteiger partial charge in [0.05, 0.1) is 12.5 Å². The number of carbonyl (C=O) groups is 2. The second kappa shape index (κ2) is 7.26. The number of hydrogen-bond donors (Lipinski definition) is 2. The summed E-state index contributed by atoms with van der Waals surface area (Å²) in [6, 6.07) is 7.40. The number of rotatable bonds is 6. The van der Waals surface area contributed by atoms with Crippen LogP contribution in [0.4, 0.5) is 5.69 Å². The van der Waals surface area contributed by atoms with Crippen molar-refractivity contribution in [1.82, 2.24) is 5.43 Å². The summed E-state index contributed by atoms with van der Waals surface area (Å²) in [5, 5.41) is 0. The van der Waals surface area contributed by atoms with Gasteiger partial charge in [0.15, 0.2) is 0 Å². The summed E-state index contributed by atoms with van der Waals surface area (Å²) in [5.41, 5.74) is 2.86. The number of nitrogens with two attached hydrogens (primary N) is 1. The lowest BCUT2D eigenvalue weighted by Gasteiger charge is -2.17. The number of nitrogens with zero attached hydrogens (tertiary/aromatic N) is 1. The minimum Gasteiger partial charge on any atom is -0.494 e. The molecule has 1 aromatic rings. The Kier molecular flexibility index (Phi) is 5.38. The third-order valence-electron chi connectivity index (χ3n) is 3.73. The first-order chi connectivity index (χ1) is 10.5. The smallest absolute Gasteiger partial charge is 0.239 e. The Morgan fingerprint density at radius 2 is 2.27 bits per heavy atom. The topological polar surface area (TPSA) is 84.7 Å². The summed E-state index contributed by atoms with van der Waals surface area (Å²) >= 11 is 0. The van der Waals surface area contributed by atoms with Gasteiger partial charge in [-0.2, -0.15) is 0 Å². The van der Waals surface area contributed by atoms with Gasteiger partial charge in [0, 0.05) is 24.7 Å². The molecule has 1 heterocycles. The van der Waals surface area contributed by atoms with Gasteiger partial charge in [-0.05, 0) is 24.5 Å². The Balaban J connectivity index is 2.03. The van der Waals surface area contributed by atoms with Crippen LogP contribution in [0.1, 0.15) is 26.7 Å². The molecule has 1 saturated heterocycles. The minimum atomic E-state index is -0.400. The van der Waals surface area contributed by atoms with E-state index in [1.165, 1.54) is 0 Å². The van der Waals surface area contributed by atoms with Crippen LogP contribution in [-0.4, -0.2) is 25.0 Å². The second-order valence-corrected chi connectivity index (χ2v) is 5.94. The lowest BCUT2D eigenvalue weighted by molar-refractivity contribution is -0.126. The van der Waals surface area contributed by atoms with Crippen LogP contribution in [0.15, 0.2) is 24.3 Å². The molecule has 0 spiro atoms. The van der Waals surface area contributed by atoms with E-state index >= 15 is 0 Å². The highest BCUT2D eigenvalue weighted by atomic mass is 16.5. The van der Waals surface area contributed by atoms with Gasteiger partial charge in [0.2, 0.25) is 11.8 Å². The average molecular weight is 305 g/mol. The van der Waals surface area contributed by atoms with Crippen LogP contribution in [0.2, 0.25) is 0 Å². The lowest BCUT2D eigenvalue weighted by Crippen LogP contribution is -2.37. The van der Waals surface area contributed by atoms with Gasteiger partial charge in [0.1, 0.15) is 5.75 Å². The predicted octanol–water partition coefficient (Wildman–Crippen LogP) is 1.45. The van der Waals surface area contributed by atoms with Crippen molar-refractivity contribution in [3.8, 4) is 5.75 Å². The predicted molar refractivity (Wildman–Crippen MR) is 84.2 cm³/mol. The number of ether oxygens (including phenoxy) is 1. The fraction of sp³-hybridized carbons (Fsp3) is 0.500. The van der Waals surface area contributed by atoms with Crippen molar-refractivity contribution >= 4 is 17.5 Å². The van der Waals surface area contributed by atoms with E-state index < -0.39 is 5.92 Å². The van der Waals surface area contributed by atoms with Gasteiger partial charge in [-0.15, -0.1) is 0 Å². The number of hydrazine groups is 1. The zero-order valence-electron chi connectivity index (χ0n) is 13.0. The first kappa shape index (κ1) is 16.3. The van der Waals surface area contributed by atoms with Crippen LogP contribution in [-0.2, 0) is 9.59 Å².